The molecule has 0 spiro atoms. The number of Topliss-reactive ketones (excluding diaryl/α,β-unsaturated/α-hetero) is 1. The number of carbonyl (C=O) groups excluding carboxylic acids is 4. The van der Waals surface area contributed by atoms with Crippen molar-refractivity contribution < 1.29 is 28.7 Å². The summed E-state index contributed by atoms with van der Waals surface area (Å²) in [6.45, 7) is 9.15. The zero-order chi connectivity index (χ0) is 27.2. The summed E-state index contributed by atoms with van der Waals surface area (Å²) >= 11 is 0. The van der Waals surface area contributed by atoms with Gasteiger partial charge in [0.1, 0.15) is 30.2 Å². The number of halogens is 1. The lowest BCUT2D eigenvalue weighted by atomic mass is 9.97. The van der Waals surface area contributed by atoms with E-state index < -0.39 is 48.1 Å². The Kier molecular flexibility index (Phi) is 7.16. The fourth-order valence-corrected chi connectivity index (χ4v) is 5.70. The second kappa shape index (κ2) is 9.89. The summed E-state index contributed by atoms with van der Waals surface area (Å²) in [4.78, 5) is 56.4. The van der Waals surface area contributed by atoms with Crippen molar-refractivity contribution >= 4 is 34.4 Å². The highest BCUT2D eigenvalue weighted by Gasteiger charge is 2.69. The van der Waals surface area contributed by atoms with Crippen molar-refractivity contribution in [1.82, 2.24) is 20.5 Å². The van der Waals surface area contributed by atoms with Crippen molar-refractivity contribution in [3.8, 4) is 0 Å². The monoisotopic (exact) mass is 514 g/mol. The molecule has 37 heavy (non-hydrogen) atoms. The molecule has 1 aliphatic carbocycles. The summed E-state index contributed by atoms with van der Waals surface area (Å²) in [5, 5.41) is 14.9. The lowest BCUT2D eigenvalue weighted by molar-refractivity contribution is -0.142. The minimum Gasteiger partial charge on any atom is -0.389 e. The molecular formula is C27H35FN4O5. The first-order valence-corrected chi connectivity index (χ1v) is 12.7. The molecule has 10 heteroatoms. The first-order valence-electron chi connectivity index (χ1n) is 12.7. The number of H-pyrrole nitrogens is 1. The zero-order valence-electron chi connectivity index (χ0n) is 21.8. The number of benzene rings is 1. The SMILES string of the molecule is CC(C)C[C@H](NC(=O)c1cc2c(F)cccc2[nH]1)C(=O)N1C[C@H]2[C@@H]([C@H]1C(=O)N[C@@H](C)C(=O)CO)C2(C)C. The molecule has 1 aliphatic heterocycles. The Bertz CT molecular complexity index is 1240. The van der Waals surface area contributed by atoms with Gasteiger partial charge in [-0.15, -0.1) is 0 Å². The number of hydrogen-bond donors (Lipinski definition) is 4. The minimum absolute atomic E-state index is 0.0671. The van der Waals surface area contributed by atoms with Crippen LogP contribution in [0.1, 0.15) is 51.5 Å². The second-order valence-electron chi connectivity index (χ2n) is 11.3. The number of aromatic nitrogens is 1. The number of nitrogens with zero attached hydrogens (tertiary/aromatic N) is 1. The van der Waals surface area contributed by atoms with Crippen LogP contribution in [-0.4, -0.2) is 69.8 Å². The molecule has 2 fully saturated rings. The third-order valence-corrected chi connectivity index (χ3v) is 7.92. The number of carbonyl (C=O) groups is 4. The summed E-state index contributed by atoms with van der Waals surface area (Å²) in [5.41, 5.74) is 0.480. The molecular weight excluding hydrogens is 479 g/mol. The number of aliphatic hydroxyl groups is 1. The van der Waals surface area contributed by atoms with Crippen molar-refractivity contribution in [1.29, 1.82) is 0 Å². The molecule has 5 atom stereocenters. The molecule has 0 radical (unpaired) electrons. The topological polar surface area (TPSA) is 132 Å². The highest BCUT2D eigenvalue weighted by molar-refractivity contribution is 6.01. The van der Waals surface area contributed by atoms with Crippen molar-refractivity contribution in [2.75, 3.05) is 13.2 Å². The highest BCUT2D eigenvalue weighted by atomic mass is 19.1. The van der Waals surface area contributed by atoms with Gasteiger partial charge in [-0.3, -0.25) is 19.2 Å². The third-order valence-electron chi connectivity index (χ3n) is 7.92. The van der Waals surface area contributed by atoms with Gasteiger partial charge in [-0.1, -0.05) is 33.8 Å². The average Bonchev–Trinajstić information content (AvgIpc) is 3.23. The second-order valence-corrected chi connectivity index (χ2v) is 11.3. The van der Waals surface area contributed by atoms with E-state index in [-0.39, 0.29) is 40.2 Å². The Balaban J connectivity index is 1.56. The summed E-state index contributed by atoms with van der Waals surface area (Å²) < 4.78 is 14.1. The van der Waals surface area contributed by atoms with Crippen molar-refractivity contribution in [3.63, 3.8) is 0 Å². The van der Waals surface area contributed by atoms with Crippen LogP contribution in [0, 0.1) is 29.0 Å². The molecule has 2 aliphatic rings. The van der Waals surface area contributed by atoms with E-state index in [1.54, 1.807) is 12.1 Å². The Morgan fingerprint density at radius 2 is 1.89 bits per heavy atom. The number of amides is 3. The molecule has 4 rings (SSSR count). The number of hydrogen-bond acceptors (Lipinski definition) is 5. The molecule has 9 nitrogen and oxygen atoms in total. The van der Waals surface area contributed by atoms with Crippen LogP contribution in [0.2, 0.25) is 0 Å². The quantitative estimate of drug-likeness (QED) is 0.407. The number of fused-ring (bicyclic) bond motifs is 2. The first kappa shape index (κ1) is 26.8. The van der Waals surface area contributed by atoms with Gasteiger partial charge in [0.05, 0.1) is 6.04 Å². The van der Waals surface area contributed by atoms with E-state index in [0.717, 1.165) is 0 Å². The summed E-state index contributed by atoms with van der Waals surface area (Å²) in [6.07, 6.45) is 0.349. The molecule has 4 N–H and O–H groups in total. The molecule has 0 unspecified atom stereocenters. The zero-order valence-corrected chi connectivity index (χ0v) is 21.8. The Morgan fingerprint density at radius 1 is 1.19 bits per heavy atom. The lowest BCUT2D eigenvalue weighted by Crippen LogP contribution is -2.57. The van der Waals surface area contributed by atoms with Crippen LogP contribution >= 0.6 is 0 Å². The van der Waals surface area contributed by atoms with Gasteiger partial charge >= 0.3 is 0 Å². The molecule has 1 saturated heterocycles. The summed E-state index contributed by atoms with van der Waals surface area (Å²) in [5.74, 6) is -2.20. The molecule has 1 aromatic carbocycles. The lowest BCUT2D eigenvalue weighted by Gasteiger charge is -2.34. The predicted octanol–water partition coefficient (Wildman–Crippen LogP) is 2.00. The van der Waals surface area contributed by atoms with Crippen LogP contribution < -0.4 is 10.6 Å². The maximum Gasteiger partial charge on any atom is 0.268 e. The number of aliphatic hydroxyl groups excluding tert-OH is 1. The van der Waals surface area contributed by atoms with Gasteiger partial charge in [0.25, 0.3) is 5.91 Å². The maximum absolute atomic E-state index is 14.1. The largest absolute Gasteiger partial charge is 0.389 e. The molecule has 200 valence electrons. The normalized spacial score (nSPS) is 23.5. The third kappa shape index (κ3) is 4.99. The predicted molar refractivity (Wildman–Crippen MR) is 135 cm³/mol. The first-order chi connectivity index (χ1) is 17.4. The number of rotatable bonds is 9. The number of nitrogens with one attached hydrogen (secondary N) is 3. The van der Waals surface area contributed by atoms with Gasteiger partial charge in [0.15, 0.2) is 5.78 Å². The van der Waals surface area contributed by atoms with Crippen LogP contribution in [0.5, 0.6) is 0 Å². The van der Waals surface area contributed by atoms with Crippen LogP contribution in [-0.2, 0) is 14.4 Å². The molecule has 2 heterocycles. The Morgan fingerprint density at radius 3 is 2.51 bits per heavy atom. The fourth-order valence-electron chi connectivity index (χ4n) is 5.70. The van der Waals surface area contributed by atoms with Crippen molar-refractivity contribution in [2.24, 2.45) is 23.2 Å². The molecule has 1 aromatic heterocycles. The molecule has 3 amide bonds. The summed E-state index contributed by atoms with van der Waals surface area (Å²) in [7, 11) is 0. The van der Waals surface area contributed by atoms with E-state index >= 15 is 0 Å². The van der Waals surface area contributed by atoms with Crippen LogP contribution in [0.15, 0.2) is 24.3 Å². The standard InChI is InChI=1S/C27H35FN4O5/c1-13(2)9-20(31-24(35)19-10-15-17(28)7-6-8-18(15)30-19)26(37)32-11-16-22(27(16,4)5)23(32)25(36)29-14(3)21(34)12-33/h6-8,10,13-14,16,20,22-23,30,33H,9,11-12H2,1-5H3,(H,29,36)(H,31,35)/t14-,16-,20-,22-,23-/m0/s1. The summed E-state index contributed by atoms with van der Waals surface area (Å²) in [6, 6.07) is 3.37. The number of aromatic amines is 1. The van der Waals surface area contributed by atoms with E-state index in [0.29, 0.717) is 18.5 Å². The maximum atomic E-state index is 14.1. The Hall–Kier alpha value is -3.27. The van der Waals surface area contributed by atoms with Gasteiger partial charge < -0.3 is 25.6 Å². The van der Waals surface area contributed by atoms with Gasteiger partial charge in [0.2, 0.25) is 11.8 Å². The van der Waals surface area contributed by atoms with Crippen molar-refractivity contribution in [3.05, 3.63) is 35.8 Å². The van der Waals surface area contributed by atoms with E-state index in [2.05, 4.69) is 29.5 Å². The van der Waals surface area contributed by atoms with Crippen LogP contribution in [0.25, 0.3) is 10.9 Å². The van der Waals surface area contributed by atoms with E-state index in [9.17, 15) is 23.6 Å². The molecule has 0 bridgehead atoms. The minimum atomic E-state index is -0.892. The van der Waals surface area contributed by atoms with Crippen LogP contribution in [0.3, 0.4) is 0 Å². The fraction of sp³-hybridized carbons (Fsp3) is 0.556. The molecule has 2 aromatic rings. The van der Waals surface area contributed by atoms with Crippen LogP contribution in [0.4, 0.5) is 4.39 Å². The van der Waals surface area contributed by atoms with Crippen molar-refractivity contribution in [2.45, 2.75) is 59.2 Å². The smallest absolute Gasteiger partial charge is 0.268 e. The Labute approximate surface area is 215 Å². The van der Waals surface area contributed by atoms with E-state index in [1.807, 2.05) is 13.8 Å². The van der Waals surface area contributed by atoms with Gasteiger partial charge in [-0.05, 0) is 54.7 Å². The van der Waals surface area contributed by atoms with Gasteiger partial charge in [-0.25, -0.2) is 4.39 Å². The van der Waals surface area contributed by atoms with E-state index in [1.165, 1.54) is 24.0 Å². The number of ketones is 1. The van der Waals surface area contributed by atoms with Gasteiger partial charge in [-0.2, -0.15) is 0 Å². The highest BCUT2D eigenvalue weighted by Crippen LogP contribution is 2.64. The number of likely N-dealkylation sites (tertiary alicyclic amines) is 1. The van der Waals surface area contributed by atoms with Gasteiger partial charge in [0, 0.05) is 17.4 Å². The molecule has 1 saturated carbocycles. The average molecular weight is 515 g/mol. The van der Waals surface area contributed by atoms with E-state index in [4.69, 9.17) is 5.11 Å². The number of piperidine rings is 1.